The van der Waals surface area contributed by atoms with E-state index < -0.39 is 11.6 Å². The first-order valence-corrected chi connectivity index (χ1v) is 9.20. The molecule has 4 nitrogen and oxygen atoms in total. The molecule has 2 saturated heterocycles. The molecular weight excluding hydrogens is 304 g/mol. The molecule has 4 aliphatic rings. The van der Waals surface area contributed by atoms with Gasteiger partial charge in [0.1, 0.15) is 11.5 Å². The molecule has 0 radical (unpaired) electrons. The molecule has 24 heavy (non-hydrogen) atoms. The van der Waals surface area contributed by atoms with Crippen molar-refractivity contribution in [1.82, 2.24) is 0 Å². The topological polar surface area (TPSA) is 36.9 Å². The quantitative estimate of drug-likeness (QED) is 0.729. The highest BCUT2D eigenvalue weighted by molar-refractivity contribution is 5.50. The summed E-state index contributed by atoms with van der Waals surface area (Å²) in [6, 6.07) is 4.37. The summed E-state index contributed by atoms with van der Waals surface area (Å²) >= 11 is 0. The number of ether oxygens (including phenoxy) is 4. The zero-order valence-corrected chi connectivity index (χ0v) is 14.9. The van der Waals surface area contributed by atoms with Crippen LogP contribution >= 0.6 is 0 Å². The second kappa shape index (κ2) is 4.67. The molecule has 4 heteroatoms. The smallest absolute Gasteiger partial charge is 0.211 e. The predicted octanol–water partition coefficient (Wildman–Crippen LogP) is 3.55. The normalized spacial score (nSPS) is 45.5. The number of hydrogen-bond acceptors (Lipinski definition) is 4. The fraction of sp³-hybridized carbons (Fsp3) is 0.700. The Bertz CT molecular complexity index is 646. The van der Waals surface area contributed by atoms with Crippen LogP contribution in [0.15, 0.2) is 12.1 Å². The lowest BCUT2D eigenvalue weighted by atomic mass is 9.79. The lowest BCUT2D eigenvalue weighted by molar-refractivity contribution is -0.170. The maximum Gasteiger partial charge on any atom is 0.211 e. The van der Waals surface area contributed by atoms with Crippen molar-refractivity contribution in [3.8, 4) is 11.5 Å². The van der Waals surface area contributed by atoms with Crippen LogP contribution in [0, 0.1) is 23.7 Å². The average molecular weight is 330 g/mol. The molecule has 6 atom stereocenters. The van der Waals surface area contributed by atoms with Crippen LogP contribution in [0.4, 0.5) is 0 Å². The highest BCUT2D eigenvalue weighted by atomic mass is 16.7. The number of benzene rings is 1. The van der Waals surface area contributed by atoms with Crippen LogP contribution in [-0.2, 0) is 22.3 Å². The standard InChI is InChI=1S/C20H26O4/c1-11-9-21-19(3)15(11)6-13-5-14-7-16-12(2)10-22-20(16,4)24-18(14)8-17(13)23-19/h5,8,11-12,15-16H,6-7,9-10H2,1-4H3. The largest absolute Gasteiger partial charge is 0.462 e. The first-order valence-electron chi connectivity index (χ1n) is 9.20. The van der Waals surface area contributed by atoms with Gasteiger partial charge in [-0.2, -0.15) is 0 Å². The fourth-order valence-corrected chi connectivity index (χ4v) is 5.13. The third-order valence-corrected chi connectivity index (χ3v) is 6.74. The second-order valence-electron chi connectivity index (χ2n) is 8.50. The number of fused-ring (bicyclic) bond motifs is 4. The van der Waals surface area contributed by atoms with Gasteiger partial charge in [-0.15, -0.1) is 0 Å². The van der Waals surface area contributed by atoms with Crippen LogP contribution in [0.25, 0.3) is 0 Å². The number of rotatable bonds is 0. The molecule has 4 heterocycles. The van der Waals surface area contributed by atoms with Crippen LogP contribution in [0.2, 0.25) is 0 Å². The zero-order valence-electron chi connectivity index (χ0n) is 14.9. The monoisotopic (exact) mass is 330 g/mol. The van der Waals surface area contributed by atoms with Gasteiger partial charge >= 0.3 is 0 Å². The van der Waals surface area contributed by atoms with E-state index in [0.717, 1.165) is 37.6 Å². The first-order chi connectivity index (χ1) is 11.4. The van der Waals surface area contributed by atoms with E-state index in [4.69, 9.17) is 18.9 Å². The molecule has 5 rings (SSSR count). The number of hydrogen-bond donors (Lipinski definition) is 0. The molecular formula is C20H26O4. The minimum absolute atomic E-state index is 0.423. The minimum Gasteiger partial charge on any atom is -0.462 e. The SMILES string of the molecule is CC1COC2(C)Oc3cc4c(cc3CC12)CC1C(C)COC1(C)O4. The Hall–Kier alpha value is -1.26. The Labute approximate surface area is 143 Å². The molecule has 130 valence electrons. The van der Waals surface area contributed by atoms with Crippen molar-refractivity contribution >= 4 is 0 Å². The van der Waals surface area contributed by atoms with Crippen molar-refractivity contribution in [2.45, 2.75) is 52.1 Å². The highest BCUT2D eigenvalue weighted by Gasteiger charge is 2.52. The Morgan fingerprint density at radius 1 is 0.792 bits per heavy atom. The first kappa shape index (κ1) is 15.0. The van der Waals surface area contributed by atoms with E-state index in [1.807, 2.05) is 0 Å². The molecule has 6 unspecified atom stereocenters. The van der Waals surface area contributed by atoms with Crippen molar-refractivity contribution in [1.29, 1.82) is 0 Å². The van der Waals surface area contributed by atoms with E-state index in [9.17, 15) is 0 Å². The van der Waals surface area contributed by atoms with Crippen LogP contribution in [0.3, 0.4) is 0 Å². The van der Waals surface area contributed by atoms with Gasteiger partial charge in [-0.3, -0.25) is 0 Å². The molecule has 4 aliphatic heterocycles. The van der Waals surface area contributed by atoms with Gasteiger partial charge in [-0.1, -0.05) is 13.8 Å². The summed E-state index contributed by atoms with van der Waals surface area (Å²) in [6.07, 6.45) is 2.04. The van der Waals surface area contributed by atoms with Gasteiger partial charge in [0, 0.05) is 31.7 Å². The van der Waals surface area contributed by atoms with Gasteiger partial charge in [0.15, 0.2) is 0 Å². The lowest BCUT2D eigenvalue weighted by Gasteiger charge is -2.41. The minimum atomic E-state index is -0.500. The van der Waals surface area contributed by atoms with E-state index in [-0.39, 0.29) is 0 Å². The van der Waals surface area contributed by atoms with Crippen LogP contribution in [0.1, 0.15) is 38.8 Å². The van der Waals surface area contributed by atoms with Gasteiger partial charge in [-0.25, -0.2) is 0 Å². The lowest BCUT2D eigenvalue weighted by Crippen LogP contribution is -2.45. The molecule has 0 aromatic heterocycles. The van der Waals surface area contributed by atoms with E-state index in [0.29, 0.717) is 23.7 Å². The van der Waals surface area contributed by atoms with Crippen LogP contribution in [-0.4, -0.2) is 24.8 Å². The summed E-state index contributed by atoms with van der Waals surface area (Å²) < 4.78 is 24.6. The van der Waals surface area contributed by atoms with E-state index >= 15 is 0 Å². The van der Waals surface area contributed by atoms with Gasteiger partial charge in [-0.05, 0) is 41.9 Å². The molecule has 0 aliphatic carbocycles. The van der Waals surface area contributed by atoms with Crippen LogP contribution in [0.5, 0.6) is 11.5 Å². The summed E-state index contributed by atoms with van der Waals surface area (Å²) in [5.41, 5.74) is 2.60. The van der Waals surface area contributed by atoms with Crippen molar-refractivity contribution in [3.05, 3.63) is 23.3 Å². The van der Waals surface area contributed by atoms with Crippen LogP contribution < -0.4 is 9.47 Å². The van der Waals surface area contributed by atoms with Crippen molar-refractivity contribution in [3.63, 3.8) is 0 Å². The van der Waals surface area contributed by atoms with Crippen molar-refractivity contribution in [2.24, 2.45) is 23.7 Å². The molecule has 0 amide bonds. The average Bonchev–Trinajstić information content (AvgIpc) is 2.98. The summed E-state index contributed by atoms with van der Waals surface area (Å²) in [5, 5.41) is 0. The van der Waals surface area contributed by atoms with Gasteiger partial charge < -0.3 is 18.9 Å². The van der Waals surface area contributed by atoms with E-state index in [2.05, 4.69) is 39.8 Å². The molecule has 0 N–H and O–H groups in total. The van der Waals surface area contributed by atoms with E-state index in [1.165, 1.54) is 11.1 Å². The fourth-order valence-electron chi connectivity index (χ4n) is 5.13. The highest BCUT2D eigenvalue weighted by Crippen LogP contribution is 2.51. The van der Waals surface area contributed by atoms with Crippen molar-refractivity contribution < 1.29 is 18.9 Å². The Morgan fingerprint density at radius 2 is 1.25 bits per heavy atom. The second-order valence-corrected chi connectivity index (χ2v) is 8.50. The third kappa shape index (κ3) is 1.93. The maximum absolute atomic E-state index is 6.30. The Balaban J connectivity index is 1.54. The van der Waals surface area contributed by atoms with E-state index in [1.54, 1.807) is 0 Å². The summed E-state index contributed by atoms with van der Waals surface area (Å²) in [5.74, 6) is 2.73. The summed E-state index contributed by atoms with van der Waals surface area (Å²) in [4.78, 5) is 0. The molecule has 1 aromatic rings. The van der Waals surface area contributed by atoms with Crippen molar-refractivity contribution in [2.75, 3.05) is 13.2 Å². The maximum atomic E-state index is 6.30. The molecule has 0 bridgehead atoms. The summed E-state index contributed by atoms with van der Waals surface area (Å²) in [7, 11) is 0. The zero-order chi connectivity index (χ0) is 16.7. The Kier molecular flexibility index (Phi) is 2.93. The third-order valence-electron chi connectivity index (χ3n) is 6.74. The predicted molar refractivity (Wildman–Crippen MR) is 89.1 cm³/mol. The molecule has 2 fully saturated rings. The van der Waals surface area contributed by atoms with Gasteiger partial charge in [0.05, 0.1) is 13.2 Å². The van der Waals surface area contributed by atoms with Gasteiger partial charge in [0.2, 0.25) is 11.6 Å². The van der Waals surface area contributed by atoms with Gasteiger partial charge in [0.25, 0.3) is 0 Å². The molecule has 0 spiro atoms. The molecule has 0 saturated carbocycles. The summed E-state index contributed by atoms with van der Waals surface area (Å²) in [6.45, 7) is 10.2. The molecule has 1 aromatic carbocycles. The Morgan fingerprint density at radius 3 is 1.71 bits per heavy atom.